The Morgan fingerprint density at radius 2 is 0.676 bits per heavy atom. The van der Waals surface area contributed by atoms with Gasteiger partial charge in [0.25, 0.3) is 0 Å². The van der Waals surface area contributed by atoms with Crippen LogP contribution >= 0.6 is 0 Å². The molecule has 0 spiro atoms. The van der Waals surface area contributed by atoms with Gasteiger partial charge in [0, 0.05) is 54.1 Å². The molecule has 6 aromatic rings. The maximum atomic E-state index is 10.9. The third-order valence-corrected chi connectivity index (χ3v) is 5.21. The van der Waals surface area contributed by atoms with E-state index in [0.717, 1.165) is 16.2 Å². The number of benzene rings is 3. The van der Waals surface area contributed by atoms with Crippen LogP contribution in [0.15, 0.2) is 105 Å². The van der Waals surface area contributed by atoms with Gasteiger partial charge in [0.05, 0.1) is 16.6 Å². The molecule has 3 aromatic carbocycles. The molecule has 0 aliphatic heterocycles. The van der Waals surface area contributed by atoms with Gasteiger partial charge in [-0.25, -0.2) is 0 Å². The van der Waals surface area contributed by atoms with Gasteiger partial charge >= 0.3 is 0 Å². The number of aromatic nitrogens is 3. The second-order valence-electron chi connectivity index (χ2n) is 7.69. The van der Waals surface area contributed by atoms with Crippen molar-refractivity contribution in [3.05, 3.63) is 122 Å². The van der Waals surface area contributed by atoms with Crippen LogP contribution in [0, 0.1) is 0 Å². The van der Waals surface area contributed by atoms with Crippen LogP contribution in [0.25, 0.3) is 32.7 Å². The maximum absolute atomic E-state index is 10.9. The molecule has 0 aliphatic carbocycles. The minimum Gasteiger partial charge on any atom is -0.506 e. The molecule has 6 rings (SSSR count). The standard InChI is InChI=1S/3C9H7NO2.Ga/c3*11-7-3-1-2-6-4-5-8(12)10-9(6)7;/h3*1-5,11H,(H,10,12);. The van der Waals surface area contributed by atoms with E-state index in [0.29, 0.717) is 16.6 Å². The molecule has 37 heavy (non-hydrogen) atoms. The number of nitrogens with one attached hydrogen (secondary N) is 3. The third-order valence-electron chi connectivity index (χ3n) is 5.21. The van der Waals surface area contributed by atoms with Crippen molar-refractivity contribution in [3.8, 4) is 17.2 Å². The molecule has 10 heteroatoms. The summed E-state index contributed by atoms with van der Waals surface area (Å²) < 4.78 is 0. The van der Waals surface area contributed by atoms with Gasteiger partial charge < -0.3 is 30.3 Å². The van der Waals surface area contributed by atoms with Crippen LogP contribution in [0.2, 0.25) is 0 Å². The van der Waals surface area contributed by atoms with Gasteiger partial charge in [-0.05, 0) is 36.4 Å². The molecule has 3 radical (unpaired) electrons. The number of aromatic amines is 3. The minimum atomic E-state index is -0.205. The predicted molar refractivity (Wildman–Crippen MR) is 144 cm³/mol. The molecule has 0 atom stereocenters. The zero-order valence-electron chi connectivity index (χ0n) is 19.3. The normalized spacial score (nSPS) is 10.1. The monoisotopic (exact) mass is 552 g/mol. The number of H-pyrrole nitrogens is 3. The second-order valence-corrected chi connectivity index (χ2v) is 7.69. The van der Waals surface area contributed by atoms with E-state index in [-0.39, 0.29) is 53.7 Å². The molecule has 3 heterocycles. The minimum absolute atomic E-state index is 0. The van der Waals surface area contributed by atoms with Crippen molar-refractivity contribution in [1.29, 1.82) is 0 Å². The van der Waals surface area contributed by atoms with Gasteiger partial charge in [-0.15, -0.1) is 0 Å². The van der Waals surface area contributed by atoms with Gasteiger partial charge in [-0.3, -0.25) is 14.4 Å². The van der Waals surface area contributed by atoms with Crippen LogP contribution < -0.4 is 16.7 Å². The Morgan fingerprint density at radius 1 is 0.405 bits per heavy atom. The number of phenolic OH excluding ortho intramolecular Hbond substituents is 3. The number of hydrogen-bond donors (Lipinski definition) is 6. The molecule has 0 bridgehead atoms. The Morgan fingerprint density at radius 3 is 0.946 bits per heavy atom. The van der Waals surface area contributed by atoms with Crippen LogP contribution in [0.3, 0.4) is 0 Å². The summed E-state index contributed by atoms with van der Waals surface area (Å²) in [6.07, 6.45) is 0. The van der Waals surface area contributed by atoms with Crippen molar-refractivity contribution in [2.24, 2.45) is 0 Å². The summed E-state index contributed by atoms with van der Waals surface area (Å²) in [5, 5.41) is 30.5. The third kappa shape index (κ3) is 6.51. The largest absolute Gasteiger partial charge is 0.506 e. The summed E-state index contributed by atoms with van der Waals surface area (Å²) in [5.74, 6) is 0.306. The summed E-state index contributed by atoms with van der Waals surface area (Å²) in [6.45, 7) is 0. The molecule has 0 saturated heterocycles. The zero-order chi connectivity index (χ0) is 25.7. The fourth-order valence-corrected chi connectivity index (χ4v) is 3.49. The Labute approximate surface area is 221 Å². The van der Waals surface area contributed by atoms with E-state index in [1.165, 1.54) is 36.4 Å². The molecule has 183 valence electrons. The van der Waals surface area contributed by atoms with Crippen LogP contribution in [-0.4, -0.2) is 50.1 Å². The molecule has 0 aliphatic rings. The number of rotatable bonds is 0. The first-order chi connectivity index (χ1) is 17.3. The Hall–Kier alpha value is -4.67. The number of phenols is 3. The van der Waals surface area contributed by atoms with E-state index in [4.69, 9.17) is 0 Å². The molecule has 9 nitrogen and oxygen atoms in total. The molecule has 0 fully saturated rings. The first kappa shape index (κ1) is 26.9. The number of hydrogen-bond acceptors (Lipinski definition) is 6. The van der Waals surface area contributed by atoms with E-state index >= 15 is 0 Å². The summed E-state index contributed by atoms with van der Waals surface area (Å²) >= 11 is 0. The Bertz CT molecular complexity index is 1640. The van der Waals surface area contributed by atoms with E-state index in [9.17, 15) is 29.7 Å². The van der Waals surface area contributed by atoms with Crippen LogP contribution in [0.4, 0.5) is 0 Å². The fourth-order valence-electron chi connectivity index (χ4n) is 3.49. The number of para-hydroxylation sites is 3. The smallest absolute Gasteiger partial charge is 0.248 e. The van der Waals surface area contributed by atoms with Crippen molar-refractivity contribution < 1.29 is 15.3 Å². The van der Waals surface area contributed by atoms with Gasteiger partial charge in [0.2, 0.25) is 16.7 Å². The van der Waals surface area contributed by atoms with Crippen molar-refractivity contribution in [2.75, 3.05) is 0 Å². The Balaban J connectivity index is 0.000000152. The van der Waals surface area contributed by atoms with Gasteiger partial charge in [-0.1, -0.05) is 36.4 Å². The van der Waals surface area contributed by atoms with Gasteiger partial charge in [0.1, 0.15) is 17.2 Å². The second kappa shape index (κ2) is 11.8. The SMILES string of the molecule is O=c1ccc2cccc(O)c2[nH]1.O=c1ccc2cccc(O)c2[nH]1.O=c1ccc2cccc(O)c2[nH]1.[Ga]. The summed E-state index contributed by atoms with van der Waals surface area (Å²) in [7, 11) is 0. The van der Waals surface area contributed by atoms with Crippen molar-refractivity contribution >= 4 is 52.5 Å². The first-order valence-electron chi connectivity index (χ1n) is 10.7. The first-order valence-corrected chi connectivity index (χ1v) is 10.7. The fraction of sp³-hybridized carbons (Fsp3) is 0. The summed E-state index contributed by atoms with van der Waals surface area (Å²) in [5.41, 5.74) is 0.858. The average Bonchev–Trinajstić information content (AvgIpc) is 2.87. The molecular weight excluding hydrogens is 532 g/mol. The van der Waals surface area contributed by atoms with Crippen LogP contribution in [0.1, 0.15) is 0 Å². The number of pyridine rings is 3. The topological polar surface area (TPSA) is 159 Å². The molecule has 0 saturated carbocycles. The molecule has 0 amide bonds. The van der Waals surface area contributed by atoms with Crippen molar-refractivity contribution in [2.45, 2.75) is 0 Å². The molecule has 0 unspecified atom stereocenters. The van der Waals surface area contributed by atoms with Crippen molar-refractivity contribution in [3.63, 3.8) is 0 Å². The van der Waals surface area contributed by atoms with E-state index in [2.05, 4.69) is 15.0 Å². The predicted octanol–water partition coefficient (Wildman–Crippen LogP) is 3.32. The molecule has 6 N–H and O–H groups in total. The quantitative estimate of drug-likeness (QED) is 0.158. The van der Waals surface area contributed by atoms with Crippen molar-refractivity contribution in [1.82, 2.24) is 15.0 Å². The molecule has 3 aromatic heterocycles. The van der Waals surface area contributed by atoms with Crippen LogP contribution in [-0.2, 0) is 0 Å². The number of fused-ring (bicyclic) bond motifs is 3. The summed E-state index contributed by atoms with van der Waals surface area (Å²) in [4.78, 5) is 40.3. The van der Waals surface area contributed by atoms with Crippen LogP contribution in [0.5, 0.6) is 17.2 Å². The van der Waals surface area contributed by atoms with E-state index in [1.54, 1.807) is 36.4 Å². The van der Waals surface area contributed by atoms with Gasteiger partial charge in [0.15, 0.2) is 0 Å². The van der Waals surface area contributed by atoms with E-state index in [1.807, 2.05) is 18.2 Å². The summed E-state index contributed by atoms with van der Waals surface area (Å²) in [6, 6.07) is 24.6. The Kier molecular flexibility index (Phi) is 8.62. The average molecular weight is 553 g/mol. The maximum Gasteiger partial charge on any atom is 0.248 e. The van der Waals surface area contributed by atoms with Gasteiger partial charge in [-0.2, -0.15) is 0 Å². The molecular formula is C27H21GaN3O6. The van der Waals surface area contributed by atoms with E-state index < -0.39 is 0 Å². The number of aromatic hydroxyl groups is 3. The zero-order valence-corrected chi connectivity index (χ0v) is 21.7.